The van der Waals surface area contributed by atoms with Gasteiger partial charge < -0.3 is 0 Å². The van der Waals surface area contributed by atoms with Gasteiger partial charge in [0, 0.05) is 0 Å². The van der Waals surface area contributed by atoms with Crippen molar-refractivity contribution in [2.45, 2.75) is 25.7 Å². The normalized spacial score (nSPS) is 13.6. The van der Waals surface area contributed by atoms with Crippen LogP contribution in [0.3, 0.4) is 0 Å². The lowest BCUT2D eigenvalue weighted by atomic mass is 9.98. The minimum Gasteiger partial charge on any atom is -0.0617 e. The van der Waals surface area contributed by atoms with Crippen LogP contribution < -0.4 is 0 Å². The number of benzene rings is 3. The number of hydrogen-bond donors (Lipinski definition) is 0. The Hall–Kier alpha value is -2.34. The van der Waals surface area contributed by atoms with Crippen LogP contribution in [0, 0.1) is 0 Å². The van der Waals surface area contributed by atoms with E-state index in [0.29, 0.717) is 0 Å². The van der Waals surface area contributed by atoms with E-state index in [1.807, 2.05) is 0 Å². The summed E-state index contributed by atoms with van der Waals surface area (Å²) in [5.41, 5.74) is 8.43. The molecule has 22 heavy (non-hydrogen) atoms. The summed E-state index contributed by atoms with van der Waals surface area (Å²) < 4.78 is 0. The van der Waals surface area contributed by atoms with Crippen molar-refractivity contribution in [3.05, 3.63) is 95.1 Å². The third-order valence-corrected chi connectivity index (χ3v) is 4.58. The van der Waals surface area contributed by atoms with Crippen molar-refractivity contribution < 1.29 is 0 Å². The van der Waals surface area contributed by atoms with E-state index >= 15 is 0 Å². The molecule has 0 radical (unpaired) electrons. The molecular weight excluding hydrogens is 264 g/mol. The summed E-state index contributed by atoms with van der Waals surface area (Å²) in [5, 5.41) is 0. The summed E-state index contributed by atoms with van der Waals surface area (Å²) in [5.74, 6) is 0. The molecule has 1 aliphatic rings. The van der Waals surface area contributed by atoms with Gasteiger partial charge in [0.05, 0.1) is 0 Å². The molecule has 0 saturated heterocycles. The first kappa shape index (κ1) is 13.3. The molecule has 0 N–H and O–H groups in total. The Labute approximate surface area is 132 Å². The van der Waals surface area contributed by atoms with Gasteiger partial charge in [0.15, 0.2) is 0 Å². The molecule has 0 spiro atoms. The van der Waals surface area contributed by atoms with E-state index in [9.17, 15) is 0 Å². The van der Waals surface area contributed by atoms with Crippen LogP contribution in [0.5, 0.6) is 0 Å². The average molecular weight is 284 g/mol. The lowest BCUT2D eigenvalue weighted by molar-refractivity contribution is 0.933. The molecule has 0 atom stereocenters. The fourth-order valence-electron chi connectivity index (χ4n) is 3.33. The Balaban J connectivity index is 1.80. The first-order valence-corrected chi connectivity index (χ1v) is 8.13. The van der Waals surface area contributed by atoms with Crippen molar-refractivity contribution in [3.63, 3.8) is 0 Å². The third-order valence-electron chi connectivity index (χ3n) is 4.58. The van der Waals surface area contributed by atoms with Gasteiger partial charge in [0.1, 0.15) is 0 Å². The molecule has 4 rings (SSSR count). The molecular formula is C22H20. The van der Waals surface area contributed by atoms with Crippen LogP contribution in [0.2, 0.25) is 0 Å². The Kier molecular flexibility index (Phi) is 3.52. The van der Waals surface area contributed by atoms with Crippen LogP contribution in [0.15, 0.2) is 72.8 Å². The molecule has 3 aromatic rings. The van der Waals surface area contributed by atoms with Crippen LogP contribution in [0.1, 0.15) is 22.3 Å². The van der Waals surface area contributed by atoms with Crippen LogP contribution in [0.4, 0.5) is 0 Å². The minimum absolute atomic E-state index is 1.11. The van der Waals surface area contributed by atoms with Crippen molar-refractivity contribution in [1.29, 1.82) is 0 Å². The van der Waals surface area contributed by atoms with Crippen molar-refractivity contribution in [1.82, 2.24) is 0 Å². The molecule has 0 nitrogen and oxygen atoms in total. The highest BCUT2D eigenvalue weighted by molar-refractivity contribution is 5.65. The van der Waals surface area contributed by atoms with Gasteiger partial charge in [0.25, 0.3) is 0 Å². The smallest absolute Gasteiger partial charge is 0.0181 e. The predicted molar refractivity (Wildman–Crippen MR) is 93.1 cm³/mol. The number of rotatable bonds is 0. The molecule has 0 saturated carbocycles. The first-order valence-electron chi connectivity index (χ1n) is 8.13. The van der Waals surface area contributed by atoms with Crippen LogP contribution >= 0.6 is 0 Å². The van der Waals surface area contributed by atoms with Crippen LogP contribution in [0.25, 0.3) is 11.1 Å². The second-order valence-electron chi connectivity index (χ2n) is 6.22. The second-order valence-corrected chi connectivity index (χ2v) is 6.22. The summed E-state index contributed by atoms with van der Waals surface area (Å²) in [6.07, 6.45) is 4.46. The van der Waals surface area contributed by atoms with E-state index in [2.05, 4.69) is 72.8 Å². The molecule has 0 fully saturated rings. The van der Waals surface area contributed by atoms with Gasteiger partial charge in [-0.2, -0.15) is 0 Å². The number of fused-ring (bicyclic) bond motifs is 7. The van der Waals surface area contributed by atoms with E-state index in [1.165, 1.54) is 33.4 Å². The van der Waals surface area contributed by atoms with E-state index < -0.39 is 0 Å². The Morgan fingerprint density at radius 2 is 0.773 bits per heavy atom. The van der Waals surface area contributed by atoms with E-state index in [0.717, 1.165) is 25.7 Å². The molecule has 0 unspecified atom stereocenters. The quantitative estimate of drug-likeness (QED) is 0.530. The topological polar surface area (TPSA) is 0 Å². The lowest BCUT2D eigenvalue weighted by Gasteiger charge is -2.07. The Morgan fingerprint density at radius 3 is 1.23 bits per heavy atom. The molecule has 0 amide bonds. The van der Waals surface area contributed by atoms with Crippen molar-refractivity contribution in [2.24, 2.45) is 0 Å². The van der Waals surface area contributed by atoms with Crippen LogP contribution in [-0.2, 0) is 25.7 Å². The lowest BCUT2D eigenvalue weighted by Crippen LogP contribution is -1.94. The molecule has 3 aromatic carbocycles. The third kappa shape index (κ3) is 2.82. The van der Waals surface area contributed by atoms with Gasteiger partial charge in [-0.1, -0.05) is 72.8 Å². The second kappa shape index (κ2) is 5.81. The van der Waals surface area contributed by atoms with Crippen LogP contribution in [-0.4, -0.2) is 0 Å². The maximum Gasteiger partial charge on any atom is -0.0181 e. The fourth-order valence-corrected chi connectivity index (χ4v) is 3.33. The number of aryl methyl sites for hydroxylation is 4. The highest BCUT2D eigenvalue weighted by Gasteiger charge is 2.05. The monoisotopic (exact) mass is 284 g/mol. The predicted octanol–water partition coefficient (Wildman–Crippen LogP) is 5.24. The molecule has 108 valence electrons. The van der Waals surface area contributed by atoms with Crippen molar-refractivity contribution >= 4 is 0 Å². The zero-order valence-electron chi connectivity index (χ0n) is 12.8. The standard InChI is InChI=1S/C22H20/c1-4-17-10-12-19-6-2-8-21(15-19)22-9-3-7-20(16-22)13-11-18(5-1)14-17/h1-9,14-16H,10-13H2. The maximum absolute atomic E-state index is 2.38. The summed E-state index contributed by atoms with van der Waals surface area (Å²) in [4.78, 5) is 0. The SMILES string of the molecule is c1cc2cc(c1)CCc1cccc(c1)-c1cccc(c1)CC2. The van der Waals surface area contributed by atoms with Crippen molar-refractivity contribution in [3.8, 4) is 11.1 Å². The van der Waals surface area contributed by atoms with Gasteiger partial charge in [-0.15, -0.1) is 0 Å². The fraction of sp³-hybridized carbons (Fsp3) is 0.182. The van der Waals surface area contributed by atoms with Gasteiger partial charge in [0.2, 0.25) is 0 Å². The zero-order chi connectivity index (χ0) is 14.8. The molecule has 0 aromatic heterocycles. The van der Waals surface area contributed by atoms with E-state index in [4.69, 9.17) is 0 Å². The molecule has 0 heterocycles. The Bertz CT molecular complexity index is 734. The summed E-state index contributed by atoms with van der Waals surface area (Å²) in [6, 6.07) is 27.1. The summed E-state index contributed by atoms with van der Waals surface area (Å²) in [7, 11) is 0. The van der Waals surface area contributed by atoms with Gasteiger partial charge in [-0.05, 0) is 59.1 Å². The first-order chi connectivity index (χ1) is 10.9. The number of hydrogen-bond acceptors (Lipinski definition) is 0. The van der Waals surface area contributed by atoms with E-state index in [-0.39, 0.29) is 0 Å². The molecule has 0 aliphatic heterocycles. The van der Waals surface area contributed by atoms with Gasteiger partial charge in [-0.3, -0.25) is 0 Å². The van der Waals surface area contributed by atoms with Gasteiger partial charge in [-0.25, -0.2) is 0 Å². The highest BCUT2D eigenvalue weighted by atomic mass is 14.1. The van der Waals surface area contributed by atoms with Crippen molar-refractivity contribution in [2.75, 3.05) is 0 Å². The molecule has 1 aliphatic carbocycles. The summed E-state index contributed by atoms with van der Waals surface area (Å²) in [6.45, 7) is 0. The largest absolute Gasteiger partial charge is 0.0617 e. The average Bonchev–Trinajstić information content (AvgIpc) is 2.59. The minimum atomic E-state index is 1.11. The zero-order valence-corrected chi connectivity index (χ0v) is 12.8. The van der Waals surface area contributed by atoms with E-state index in [1.54, 1.807) is 0 Å². The van der Waals surface area contributed by atoms with Gasteiger partial charge >= 0.3 is 0 Å². The Morgan fingerprint density at radius 1 is 0.409 bits per heavy atom. The molecule has 6 bridgehead atoms. The maximum atomic E-state index is 2.38. The molecule has 0 heteroatoms. The summed E-state index contributed by atoms with van der Waals surface area (Å²) >= 11 is 0. The highest BCUT2D eigenvalue weighted by Crippen LogP contribution is 2.24.